The second kappa shape index (κ2) is 5.98. The van der Waals surface area contributed by atoms with Crippen LogP contribution in [0.1, 0.15) is 46.5 Å². The van der Waals surface area contributed by atoms with Crippen LogP contribution >= 0.6 is 0 Å². The number of unbranched alkanes of at least 4 members (excludes halogenated alkanes) is 2. The summed E-state index contributed by atoms with van der Waals surface area (Å²) in [6.07, 6.45) is 6.19. The maximum atomic E-state index is 12.5. The lowest BCUT2D eigenvalue weighted by Gasteiger charge is -2.29. The molecule has 0 amide bonds. The molecule has 2 rings (SSSR count). The molecule has 0 unspecified atom stereocenters. The predicted octanol–water partition coefficient (Wildman–Crippen LogP) is 2.87. The Balaban J connectivity index is 2.28. The molecule has 3 atom stereocenters. The third-order valence-electron chi connectivity index (χ3n) is 4.60. The quantitative estimate of drug-likeness (QED) is 0.325. The van der Waals surface area contributed by atoms with Gasteiger partial charge in [0.05, 0.1) is 13.2 Å². The second-order valence-corrected chi connectivity index (χ2v) is 5.75. The number of fused-ring (bicyclic) bond motifs is 1. The molecule has 0 spiro atoms. The molecule has 1 aliphatic heterocycles. The smallest absolute Gasteiger partial charge is 0.324 e. The maximum Gasteiger partial charge on any atom is 0.324 e. The summed E-state index contributed by atoms with van der Waals surface area (Å²) >= 11 is 0. The Hall–Kier alpha value is -1.32. The van der Waals surface area contributed by atoms with E-state index in [-0.39, 0.29) is 11.8 Å². The first-order valence-corrected chi connectivity index (χ1v) is 7.61. The molecule has 4 heteroatoms. The summed E-state index contributed by atoms with van der Waals surface area (Å²) in [4.78, 5) is 24.8. The number of esters is 2. The van der Waals surface area contributed by atoms with Crippen LogP contribution in [0.15, 0.2) is 11.6 Å². The van der Waals surface area contributed by atoms with Crippen molar-refractivity contribution in [2.45, 2.75) is 46.5 Å². The van der Waals surface area contributed by atoms with E-state index in [1.54, 1.807) is 6.92 Å². The molecular formula is C16H24O4. The molecule has 1 fully saturated rings. The lowest BCUT2D eigenvalue weighted by molar-refractivity contribution is -0.168. The van der Waals surface area contributed by atoms with Crippen molar-refractivity contribution in [3.63, 3.8) is 0 Å². The normalized spacial score (nSPS) is 31.8. The largest absolute Gasteiger partial charge is 0.465 e. The lowest BCUT2D eigenvalue weighted by atomic mass is 9.70. The second-order valence-electron chi connectivity index (χ2n) is 5.75. The van der Waals surface area contributed by atoms with Gasteiger partial charge in [0.15, 0.2) is 5.41 Å². The Bertz CT molecular complexity index is 426. The van der Waals surface area contributed by atoms with Gasteiger partial charge in [-0.25, -0.2) is 0 Å². The number of rotatable bonds is 6. The molecule has 0 N–H and O–H groups in total. The summed E-state index contributed by atoms with van der Waals surface area (Å²) in [5, 5.41) is 0. The molecule has 1 aliphatic carbocycles. The number of allylic oxidation sites excluding steroid dienone is 1. The van der Waals surface area contributed by atoms with Gasteiger partial charge in [-0.2, -0.15) is 0 Å². The van der Waals surface area contributed by atoms with Crippen molar-refractivity contribution in [2.75, 3.05) is 13.2 Å². The zero-order valence-electron chi connectivity index (χ0n) is 12.6. The highest BCUT2D eigenvalue weighted by atomic mass is 16.6. The zero-order valence-corrected chi connectivity index (χ0v) is 12.6. The van der Waals surface area contributed by atoms with Crippen molar-refractivity contribution in [3.8, 4) is 0 Å². The van der Waals surface area contributed by atoms with E-state index >= 15 is 0 Å². The molecule has 4 nitrogen and oxygen atoms in total. The molecule has 0 aromatic heterocycles. The van der Waals surface area contributed by atoms with E-state index in [4.69, 9.17) is 9.47 Å². The molecule has 2 aliphatic rings. The van der Waals surface area contributed by atoms with Gasteiger partial charge in [0, 0.05) is 11.8 Å². The van der Waals surface area contributed by atoms with Gasteiger partial charge in [-0.05, 0) is 20.3 Å². The van der Waals surface area contributed by atoms with Gasteiger partial charge in [-0.1, -0.05) is 37.8 Å². The van der Waals surface area contributed by atoms with Crippen LogP contribution in [-0.2, 0) is 19.1 Å². The summed E-state index contributed by atoms with van der Waals surface area (Å²) in [5.41, 5.74) is -0.0150. The minimum absolute atomic E-state index is 0.0758. The van der Waals surface area contributed by atoms with Crippen molar-refractivity contribution in [3.05, 3.63) is 11.6 Å². The summed E-state index contributed by atoms with van der Waals surface area (Å²) in [6, 6.07) is 0. The molecule has 0 radical (unpaired) electrons. The fourth-order valence-corrected chi connectivity index (χ4v) is 3.57. The van der Waals surface area contributed by atoms with Gasteiger partial charge >= 0.3 is 11.9 Å². The first kappa shape index (κ1) is 15.1. The highest BCUT2D eigenvalue weighted by molar-refractivity contribution is 6.03. The first-order chi connectivity index (χ1) is 9.58. The molecule has 1 heterocycles. The molecule has 112 valence electrons. The summed E-state index contributed by atoms with van der Waals surface area (Å²) < 4.78 is 10.4. The van der Waals surface area contributed by atoms with Crippen molar-refractivity contribution in [1.82, 2.24) is 0 Å². The third kappa shape index (κ3) is 2.15. The van der Waals surface area contributed by atoms with E-state index in [2.05, 4.69) is 13.0 Å². The van der Waals surface area contributed by atoms with E-state index in [1.807, 2.05) is 6.92 Å². The number of carbonyl (C=O) groups excluding carboxylic acids is 2. The first-order valence-electron chi connectivity index (χ1n) is 7.61. The number of ether oxygens (including phenoxy) is 2. The van der Waals surface area contributed by atoms with E-state index in [0.29, 0.717) is 13.2 Å². The van der Waals surface area contributed by atoms with Gasteiger partial charge in [0.1, 0.15) is 0 Å². The molecule has 1 saturated heterocycles. The Morgan fingerprint density at radius 1 is 1.45 bits per heavy atom. The van der Waals surface area contributed by atoms with Crippen LogP contribution in [0.25, 0.3) is 0 Å². The number of hydrogen-bond acceptors (Lipinski definition) is 4. The maximum absolute atomic E-state index is 12.5. The number of carbonyl (C=O) groups is 2. The van der Waals surface area contributed by atoms with Crippen LogP contribution < -0.4 is 0 Å². The van der Waals surface area contributed by atoms with E-state index in [1.165, 1.54) is 0 Å². The average Bonchev–Trinajstić information content (AvgIpc) is 2.89. The predicted molar refractivity (Wildman–Crippen MR) is 74.9 cm³/mol. The Labute approximate surface area is 120 Å². The molecule has 0 bridgehead atoms. The summed E-state index contributed by atoms with van der Waals surface area (Å²) in [6.45, 7) is 6.50. The standard InChI is InChI=1S/C16H24O4/c1-4-6-7-8-12-9-11(3)13-10-20-15(18)16(12,13)14(17)19-5-2/h9,12-13H,4-8,10H2,1-3H3/t12-,13+,16-/m0/s1. The van der Waals surface area contributed by atoms with Gasteiger partial charge in [0.2, 0.25) is 0 Å². The Morgan fingerprint density at radius 3 is 2.85 bits per heavy atom. The van der Waals surface area contributed by atoms with E-state index in [9.17, 15) is 9.59 Å². The third-order valence-corrected chi connectivity index (χ3v) is 4.60. The van der Waals surface area contributed by atoms with Crippen molar-refractivity contribution in [2.24, 2.45) is 17.3 Å². The zero-order chi connectivity index (χ0) is 14.8. The van der Waals surface area contributed by atoms with Crippen LogP contribution in [0, 0.1) is 17.3 Å². The minimum Gasteiger partial charge on any atom is -0.465 e. The van der Waals surface area contributed by atoms with Crippen LogP contribution in [-0.4, -0.2) is 25.2 Å². The highest BCUT2D eigenvalue weighted by Crippen LogP contribution is 2.54. The minimum atomic E-state index is -1.10. The molecule has 0 aromatic carbocycles. The lowest BCUT2D eigenvalue weighted by Crippen LogP contribution is -2.45. The van der Waals surface area contributed by atoms with Crippen molar-refractivity contribution < 1.29 is 19.1 Å². The highest BCUT2D eigenvalue weighted by Gasteiger charge is 2.66. The topological polar surface area (TPSA) is 52.6 Å². The average molecular weight is 280 g/mol. The molecule has 20 heavy (non-hydrogen) atoms. The Morgan fingerprint density at radius 2 is 2.20 bits per heavy atom. The van der Waals surface area contributed by atoms with Gasteiger partial charge in [-0.3, -0.25) is 9.59 Å². The van der Waals surface area contributed by atoms with E-state index in [0.717, 1.165) is 31.3 Å². The number of cyclic esters (lactones) is 1. The van der Waals surface area contributed by atoms with Gasteiger partial charge in [-0.15, -0.1) is 0 Å². The van der Waals surface area contributed by atoms with Crippen molar-refractivity contribution in [1.29, 1.82) is 0 Å². The monoisotopic (exact) mass is 280 g/mol. The fraction of sp³-hybridized carbons (Fsp3) is 0.750. The van der Waals surface area contributed by atoms with Crippen LogP contribution in [0.2, 0.25) is 0 Å². The van der Waals surface area contributed by atoms with Crippen LogP contribution in [0.4, 0.5) is 0 Å². The number of hydrogen-bond donors (Lipinski definition) is 0. The van der Waals surface area contributed by atoms with Crippen LogP contribution in [0.5, 0.6) is 0 Å². The SMILES string of the molecule is CCCCC[C@H]1C=C(C)[C@H]2COC(=O)[C@@]12C(=O)OCC. The molecule has 0 aromatic rings. The van der Waals surface area contributed by atoms with E-state index < -0.39 is 17.4 Å². The van der Waals surface area contributed by atoms with Gasteiger partial charge < -0.3 is 9.47 Å². The molecule has 0 saturated carbocycles. The van der Waals surface area contributed by atoms with Crippen molar-refractivity contribution >= 4 is 11.9 Å². The van der Waals surface area contributed by atoms with Crippen LogP contribution in [0.3, 0.4) is 0 Å². The van der Waals surface area contributed by atoms with Gasteiger partial charge in [0.25, 0.3) is 0 Å². The summed E-state index contributed by atoms with van der Waals surface area (Å²) in [5.74, 6) is -1.01. The molecular weight excluding hydrogens is 256 g/mol. The summed E-state index contributed by atoms with van der Waals surface area (Å²) in [7, 11) is 0. The Kier molecular flexibility index (Phi) is 4.51. The fourth-order valence-electron chi connectivity index (χ4n) is 3.57.